The van der Waals surface area contributed by atoms with Crippen LogP contribution in [0.2, 0.25) is 0 Å². The second-order valence-corrected chi connectivity index (χ2v) is 6.30. The molecule has 2 aliphatic rings. The lowest BCUT2D eigenvalue weighted by Crippen LogP contribution is -2.25. The first-order valence-corrected chi connectivity index (χ1v) is 8.30. The van der Waals surface area contributed by atoms with Gasteiger partial charge in [0.05, 0.1) is 18.3 Å². The van der Waals surface area contributed by atoms with E-state index >= 15 is 0 Å². The van der Waals surface area contributed by atoms with Gasteiger partial charge in [0.2, 0.25) is 6.79 Å². The summed E-state index contributed by atoms with van der Waals surface area (Å²) in [5, 5.41) is 0. The van der Waals surface area contributed by atoms with Gasteiger partial charge >= 0.3 is 5.97 Å². The molecule has 1 aromatic carbocycles. The number of rotatable bonds is 4. The van der Waals surface area contributed by atoms with E-state index in [0.29, 0.717) is 29.3 Å². The van der Waals surface area contributed by atoms with Gasteiger partial charge in [-0.25, -0.2) is 4.79 Å². The van der Waals surface area contributed by atoms with Crippen LogP contribution in [0.25, 0.3) is 6.08 Å². The molecule has 6 nitrogen and oxygen atoms in total. The van der Waals surface area contributed by atoms with E-state index in [1.54, 1.807) is 31.2 Å². The van der Waals surface area contributed by atoms with Crippen LogP contribution in [-0.2, 0) is 14.3 Å². The molecular weight excluding hydrogens is 390 g/mol. The van der Waals surface area contributed by atoms with E-state index < -0.39 is 5.97 Å². The first-order valence-electron chi connectivity index (χ1n) is 7.51. The average molecular weight is 406 g/mol. The number of fused-ring (bicyclic) bond motifs is 1. The average Bonchev–Trinajstić information content (AvgIpc) is 3.13. The SMILES string of the molecule is C=CCN1C(=O)/C(=C\c2cc3c(cc2Br)OCO3)C(C(=O)OC)=C1C. The van der Waals surface area contributed by atoms with Gasteiger partial charge < -0.3 is 19.1 Å². The number of carbonyl (C=O) groups is 2. The topological polar surface area (TPSA) is 65.1 Å². The standard InChI is InChI=1S/C18H16BrNO5/c1-4-5-20-10(2)16(18(22)23-3)12(17(20)21)6-11-7-14-15(8-13(11)19)25-9-24-14/h4,6-8H,1,5,9H2,2-3H3/b12-6-. The predicted molar refractivity (Wildman–Crippen MR) is 94.9 cm³/mol. The van der Waals surface area contributed by atoms with Crippen molar-refractivity contribution in [3.05, 3.63) is 51.7 Å². The molecular formula is C18H16BrNO5. The maximum atomic E-state index is 12.8. The van der Waals surface area contributed by atoms with Gasteiger partial charge in [-0.15, -0.1) is 6.58 Å². The molecule has 2 heterocycles. The van der Waals surface area contributed by atoms with Crippen molar-refractivity contribution in [3.8, 4) is 11.5 Å². The normalized spacial score (nSPS) is 17.5. The molecule has 0 spiro atoms. The van der Waals surface area contributed by atoms with Gasteiger partial charge in [0.25, 0.3) is 5.91 Å². The van der Waals surface area contributed by atoms with Gasteiger partial charge in [-0.1, -0.05) is 22.0 Å². The Morgan fingerprint density at radius 1 is 1.40 bits per heavy atom. The molecule has 0 aromatic heterocycles. The summed E-state index contributed by atoms with van der Waals surface area (Å²) in [5.74, 6) is 0.381. The number of nitrogens with zero attached hydrogens (tertiary/aromatic N) is 1. The fraction of sp³-hybridized carbons (Fsp3) is 0.222. The van der Waals surface area contributed by atoms with E-state index in [9.17, 15) is 9.59 Å². The van der Waals surface area contributed by atoms with Gasteiger partial charge in [-0.3, -0.25) is 4.79 Å². The van der Waals surface area contributed by atoms with Gasteiger partial charge in [-0.05, 0) is 30.7 Å². The summed E-state index contributed by atoms with van der Waals surface area (Å²) in [6.07, 6.45) is 3.25. The molecule has 0 radical (unpaired) electrons. The van der Waals surface area contributed by atoms with Crippen LogP contribution >= 0.6 is 15.9 Å². The van der Waals surface area contributed by atoms with Crippen LogP contribution in [0.1, 0.15) is 12.5 Å². The quantitative estimate of drug-likeness (QED) is 0.437. The monoisotopic (exact) mass is 405 g/mol. The first-order chi connectivity index (χ1) is 12.0. The van der Waals surface area contributed by atoms with Crippen molar-refractivity contribution in [2.24, 2.45) is 0 Å². The highest BCUT2D eigenvalue weighted by Crippen LogP contribution is 2.39. The zero-order valence-electron chi connectivity index (χ0n) is 13.8. The Labute approximate surface area is 153 Å². The zero-order chi connectivity index (χ0) is 18.1. The minimum atomic E-state index is -0.555. The Morgan fingerprint density at radius 2 is 2.08 bits per heavy atom. The maximum Gasteiger partial charge on any atom is 0.340 e. The third-order valence-electron chi connectivity index (χ3n) is 4.00. The third kappa shape index (κ3) is 2.95. The lowest BCUT2D eigenvalue weighted by Gasteiger charge is -2.14. The number of hydrogen-bond acceptors (Lipinski definition) is 5. The Morgan fingerprint density at radius 3 is 2.72 bits per heavy atom. The van der Waals surface area contributed by atoms with Crippen LogP contribution in [0, 0.1) is 0 Å². The van der Waals surface area contributed by atoms with E-state index in [2.05, 4.69) is 22.5 Å². The lowest BCUT2D eigenvalue weighted by molar-refractivity contribution is -0.136. The summed E-state index contributed by atoms with van der Waals surface area (Å²) in [6, 6.07) is 3.52. The van der Waals surface area contributed by atoms with E-state index in [4.69, 9.17) is 14.2 Å². The molecule has 0 atom stereocenters. The Balaban J connectivity index is 2.11. The summed E-state index contributed by atoms with van der Waals surface area (Å²) >= 11 is 3.46. The maximum absolute atomic E-state index is 12.8. The molecule has 1 aromatic rings. The second-order valence-electron chi connectivity index (χ2n) is 5.44. The summed E-state index contributed by atoms with van der Waals surface area (Å²) < 4.78 is 16.3. The lowest BCUT2D eigenvalue weighted by atomic mass is 10.0. The van der Waals surface area contributed by atoms with E-state index in [-0.39, 0.29) is 23.8 Å². The molecule has 0 unspecified atom stereocenters. The summed E-state index contributed by atoms with van der Waals surface area (Å²) in [5.41, 5.74) is 1.76. The Hall–Kier alpha value is -2.54. The molecule has 25 heavy (non-hydrogen) atoms. The molecule has 3 rings (SSSR count). The molecule has 0 aliphatic carbocycles. The van der Waals surface area contributed by atoms with Crippen LogP contribution in [0.15, 0.2) is 46.1 Å². The summed E-state index contributed by atoms with van der Waals surface area (Å²) in [4.78, 5) is 26.5. The van der Waals surface area contributed by atoms with Crippen LogP contribution in [0.4, 0.5) is 0 Å². The van der Waals surface area contributed by atoms with Crippen LogP contribution in [0.5, 0.6) is 11.5 Å². The zero-order valence-corrected chi connectivity index (χ0v) is 15.4. The third-order valence-corrected chi connectivity index (χ3v) is 4.69. The van der Waals surface area contributed by atoms with Crippen molar-refractivity contribution in [1.29, 1.82) is 0 Å². The van der Waals surface area contributed by atoms with Crippen LogP contribution < -0.4 is 9.47 Å². The van der Waals surface area contributed by atoms with Gasteiger partial charge in [0.1, 0.15) is 0 Å². The molecule has 0 fully saturated rings. The van der Waals surface area contributed by atoms with Crippen molar-refractivity contribution >= 4 is 33.9 Å². The number of carbonyl (C=O) groups excluding carboxylic acids is 2. The van der Waals surface area contributed by atoms with Gasteiger partial charge in [0, 0.05) is 16.7 Å². The smallest absolute Gasteiger partial charge is 0.340 e. The van der Waals surface area contributed by atoms with Crippen LogP contribution in [-0.4, -0.2) is 37.2 Å². The second kappa shape index (κ2) is 6.76. The number of halogens is 1. The molecule has 1 amide bonds. The fourth-order valence-corrected chi connectivity index (χ4v) is 3.21. The Kier molecular flexibility index (Phi) is 4.67. The van der Waals surface area contributed by atoms with Gasteiger partial charge in [-0.2, -0.15) is 0 Å². The van der Waals surface area contributed by atoms with E-state index in [1.165, 1.54) is 12.0 Å². The first kappa shape index (κ1) is 17.3. The number of esters is 1. The number of methoxy groups -OCH3 is 1. The molecule has 7 heteroatoms. The highest BCUT2D eigenvalue weighted by molar-refractivity contribution is 9.10. The van der Waals surface area contributed by atoms with E-state index in [1.807, 2.05) is 0 Å². The van der Waals surface area contributed by atoms with Gasteiger partial charge in [0.15, 0.2) is 11.5 Å². The van der Waals surface area contributed by atoms with Crippen molar-refractivity contribution in [3.63, 3.8) is 0 Å². The minimum absolute atomic E-state index is 0.153. The number of benzene rings is 1. The molecule has 0 saturated heterocycles. The molecule has 0 saturated carbocycles. The van der Waals surface area contributed by atoms with Crippen molar-refractivity contribution in [1.82, 2.24) is 4.90 Å². The summed E-state index contributed by atoms with van der Waals surface area (Å²) in [6.45, 7) is 5.83. The molecule has 130 valence electrons. The highest BCUT2D eigenvalue weighted by atomic mass is 79.9. The highest BCUT2D eigenvalue weighted by Gasteiger charge is 2.36. The Bertz CT molecular complexity index is 840. The number of hydrogen-bond donors (Lipinski definition) is 0. The molecule has 0 N–H and O–H groups in total. The molecule has 0 bridgehead atoms. The number of allylic oxidation sites excluding steroid dienone is 1. The number of amides is 1. The number of ether oxygens (including phenoxy) is 3. The van der Waals surface area contributed by atoms with Crippen molar-refractivity contribution in [2.45, 2.75) is 6.92 Å². The summed E-state index contributed by atoms with van der Waals surface area (Å²) in [7, 11) is 1.29. The van der Waals surface area contributed by atoms with Crippen molar-refractivity contribution in [2.75, 3.05) is 20.4 Å². The minimum Gasteiger partial charge on any atom is -0.465 e. The predicted octanol–water partition coefficient (Wildman–Crippen LogP) is 3.04. The van der Waals surface area contributed by atoms with Crippen molar-refractivity contribution < 1.29 is 23.8 Å². The van der Waals surface area contributed by atoms with E-state index in [0.717, 1.165) is 4.47 Å². The molecule has 2 aliphatic heterocycles. The largest absolute Gasteiger partial charge is 0.465 e. The van der Waals surface area contributed by atoms with Crippen LogP contribution in [0.3, 0.4) is 0 Å². The fourth-order valence-electron chi connectivity index (χ4n) is 2.78.